The van der Waals surface area contributed by atoms with Gasteiger partial charge in [-0.1, -0.05) is 12.1 Å². The summed E-state index contributed by atoms with van der Waals surface area (Å²) in [6, 6.07) is 10.1. The number of carbonyl (C=O) groups excluding carboxylic acids is 3. The Morgan fingerprint density at radius 3 is 2.62 bits per heavy atom. The monoisotopic (exact) mass is 396 g/mol. The number of ether oxygens (including phenoxy) is 1. The van der Waals surface area contributed by atoms with Gasteiger partial charge in [0.1, 0.15) is 11.6 Å². The van der Waals surface area contributed by atoms with E-state index in [9.17, 15) is 14.4 Å². The minimum Gasteiger partial charge on any atom is -0.484 e. The maximum absolute atomic E-state index is 12.4. The highest BCUT2D eigenvalue weighted by molar-refractivity contribution is 5.93. The highest BCUT2D eigenvalue weighted by atomic mass is 16.5. The average molecular weight is 396 g/mol. The lowest BCUT2D eigenvalue weighted by atomic mass is 9.96. The summed E-state index contributed by atoms with van der Waals surface area (Å²) < 4.78 is 5.49. The number of piperidine rings is 1. The van der Waals surface area contributed by atoms with Crippen molar-refractivity contribution < 1.29 is 19.1 Å². The first-order chi connectivity index (χ1) is 13.9. The van der Waals surface area contributed by atoms with Gasteiger partial charge >= 0.3 is 0 Å². The van der Waals surface area contributed by atoms with Crippen molar-refractivity contribution in [1.29, 1.82) is 0 Å². The van der Waals surface area contributed by atoms with Gasteiger partial charge in [0.15, 0.2) is 6.61 Å². The maximum Gasteiger partial charge on any atom is 0.260 e. The molecule has 1 aromatic heterocycles. The third-order valence-electron chi connectivity index (χ3n) is 4.86. The SMILES string of the molecule is Cc1ccc(NC(=O)C2CCN(C(=O)COc3cccc(C(N)=O)c3)CC2)nc1. The van der Waals surface area contributed by atoms with E-state index >= 15 is 0 Å². The molecule has 1 aliphatic heterocycles. The van der Waals surface area contributed by atoms with Crippen LogP contribution in [0.2, 0.25) is 0 Å². The van der Waals surface area contributed by atoms with Crippen molar-refractivity contribution in [3.63, 3.8) is 0 Å². The fraction of sp³-hybridized carbons (Fsp3) is 0.333. The highest BCUT2D eigenvalue weighted by Crippen LogP contribution is 2.20. The summed E-state index contributed by atoms with van der Waals surface area (Å²) in [5, 5.41) is 2.83. The van der Waals surface area contributed by atoms with Crippen LogP contribution in [-0.2, 0) is 9.59 Å². The molecule has 3 amide bonds. The van der Waals surface area contributed by atoms with Crippen LogP contribution in [0.25, 0.3) is 0 Å². The van der Waals surface area contributed by atoms with E-state index in [1.54, 1.807) is 35.4 Å². The number of aryl methyl sites for hydroxylation is 1. The van der Waals surface area contributed by atoms with Crippen LogP contribution in [0.5, 0.6) is 5.75 Å². The van der Waals surface area contributed by atoms with E-state index < -0.39 is 5.91 Å². The van der Waals surface area contributed by atoms with E-state index in [1.165, 1.54) is 6.07 Å². The third kappa shape index (κ3) is 5.54. The summed E-state index contributed by atoms with van der Waals surface area (Å²) in [5.74, 6) is -0.00000245. The van der Waals surface area contributed by atoms with Gasteiger partial charge in [0.2, 0.25) is 11.8 Å². The minimum absolute atomic E-state index is 0.0760. The van der Waals surface area contributed by atoms with Gasteiger partial charge in [0.25, 0.3) is 5.91 Å². The molecule has 0 saturated carbocycles. The number of pyridine rings is 1. The predicted molar refractivity (Wildman–Crippen MR) is 107 cm³/mol. The van der Waals surface area contributed by atoms with Crippen molar-refractivity contribution >= 4 is 23.5 Å². The minimum atomic E-state index is -0.553. The number of nitrogens with zero attached hydrogens (tertiary/aromatic N) is 2. The molecule has 29 heavy (non-hydrogen) atoms. The van der Waals surface area contributed by atoms with Gasteiger partial charge in [-0.2, -0.15) is 0 Å². The van der Waals surface area contributed by atoms with Crippen molar-refractivity contribution in [3.05, 3.63) is 53.7 Å². The second kappa shape index (κ2) is 9.18. The van der Waals surface area contributed by atoms with E-state index in [0.29, 0.717) is 43.1 Å². The number of hydrogen-bond acceptors (Lipinski definition) is 5. The highest BCUT2D eigenvalue weighted by Gasteiger charge is 2.27. The Labute approximate surface area is 169 Å². The number of nitrogens with one attached hydrogen (secondary N) is 1. The Kier molecular flexibility index (Phi) is 6.43. The van der Waals surface area contributed by atoms with Gasteiger partial charge in [-0.25, -0.2) is 4.98 Å². The van der Waals surface area contributed by atoms with Crippen LogP contribution in [-0.4, -0.2) is 47.3 Å². The summed E-state index contributed by atoms with van der Waals surface area (Å²) in [4.78, 5) is 41.9. The lowest BCUT2D eigenvalue weighted by molar-refractivity contribution is -0.136. The van der Waals surface area contributed by atoms with Gasteiger partial charge in [0.05, 0.1) is 0 Å². The van der Waals surface area contributed by atoms with Gasteiger partial charge in [-0.05, 0) is 49.6 Å². The number of hydrogen-bond donors (Lipinski definition) is 2. The van der Waals surface area contributed by atoms with Crippen molar-refractivity contribution in [3.8, 4) is 5.75 Å². The Bertz CT molecular complexity index is 890. The number of anilines is 1. The molecule has 0 spiro atoms. The first kappa shape index (κ1) is 20.3. The van der Waals surface area contributed by atoms with Crippen molar-refractivity contribution in [2.45, 2.75) is 19.8 Å². The molecule has 8 heteroatoms. The summed E-state index contributed by atoms with van der Waals surface area (Å²) in [6.45, 7) is 2.78. The second-order valence-corrected chi connectivity index (χ2v) is 7.05. The van der Waals surface area contributed by atoms with E-state index in [4.69, 9.17) is 10.5 Å². The lowest BCUT2D eigenvalue weighted by Gasteiger charge is -2.31. The number of aromatic nitrogens is 1. The Balaban J connectivity index is 1.45. The summed E-state index contributed by atoms with van der Waals surface area (Å²) in [5.41, 5.74) is 6.59. The zero-order chi connectivity index (χ0) is 20.8. The van der Waals surface area contributed by atoms with Gasteiger partial charge < -0.3 is 20.7 Å². The fourth-order valence-corrected chi connectivity index (χ4v) is 3.14. The quantitative estimate of drug-likeness (QED) is 0.772. The molecular weight excluding hydrogens is 372 g/mol. The fourth-order valence-electron chi connectivity index (χ4n) is 3.14. The molecule has 3 N–H and O–H groups in total. The van der Waals surface area contributed by atoms with Crippen molar-refractivity contribution in [2.75, 3.05) is 25.0 Å². The Morgan fingerprint density at radius 1 is 1.21 bits per heavy atom. The summed E-state index contributed by atoms with van der Waals surface area (Å²) in [6.07, 6.45) is 2.87. The van der Waals surface area contributed by atoms with Crippen LogP contribution in [0.4, 0.5) is 5.82 Å². The van der Waals surface area contributed by atoms with Gasteiger partial charge in [-0.3, -0.25) is 14.4 Å². The number of amides is 3. The van der Waals surface area contributed by atoms with Crippen LogP contribution in [0.15, 0.2) is 42.6 Å². The van der Waals surface area contributed by atoms with Crippen LogP contribution in [0.3, 0.4) is 0 Å². The molecule has 0 bridgehead atoms. The van der Waals surface area contributed by atoms with Crippen molar-refractivity contribution in [1.82, 2.24) is 9.88 Å². The third-order valence-corrected chi connectivity index (χ3v) is 4.86. The summed E-state index contributed by atoms with van der Waals surface area (Å²) >= 11 is 0. The van der Waals surface area contributed by atoms with Gasteiger partial charge in [0, 0.05) is 30.8 Å². The predicted octanol–water partition coefficient (Wildman–Crippen LogP) is 1.75. The number of likely N-dealkylation sites (tertiary alicyclic amines) is 1. The van der Waals surface area contributed by atoms with Crippen LogP contribution in [0.1, 0.15) is 28.8 Å². The number of nitrogens with two attached hydrogens (primary N) is 1. The molecule has 0 aliphatic carbocycles. The molecule has 1 saturated heterocycles. The number of benzene rings is 1. The standard InChI is InChI=1S/C21H24N4O4/c1-14-5-6-18(23-12-14)24-21(28)15-7-9-25(10-8-15)19(26)13-29-17-4-2-3-16(11-17)20(22)27/h2-6,11-12,15H,7-10,13H2,1H3,(H2,22,27)(H,23,24,28). The molecule has 2 aromatic rings. The average Bonchev–Trinajstić information content (AvgIpc) is 2.74. The largest absolute Gasteiger partial charge is 0.484 e. The first-order valence-electron chi connectivity index (χ1n) is 9.46. The van der Waals surface area contributed by atoms with Crippen LogP contribution in [0, 0.1) is 12.8 Å². The molecule has 0 atom stereocenters. The molecule has 1 fully saturated rings. The van der Waals surface area contributed by atoms with E-state index in [2.05, 4.69) is 10.3 Å². The summed E-state index contributed by atoms with van der Waals surface area (Å²) in [7, 11) is 0. The molecule has 1 aliphatic rings. The molecule has 0 unspecified atom stereocenters. The molecular formula is C21H24N4O4. The number of rotatable bonds is 6. The molecule has 1 aromatic carbocycles. The first-order valence-corrected chi connectivity index (χ1v) is 9.46. The van der Waals surface area contributed by atoms with E-state index in [0.717, 1.165) is 5.56 Å². The number of carbonyl (C=O) groups is 3. The zero-order valence-corrected chi connectivity index (χ0v) is 16.3. The maximum atomic E-state index is 12.4. The lowest BCUT2D eigenvalue weighted by Crippen LogP contribution is -2.43. The van der Waals surface area contributed by atoms with E-state index in [1.807, 2.05) is 13.0 Å². The molecule has 8 nitrogen and oxygen atoms in total. The normalized spacial score (nSPS) is 14.3. The van der Waals surface area contributed by atoms with Gasteiger partial charge in [-0.15, -0.1) is 0 Å². The second-order valence-electron chi connectivity index (χ2n) is 7.05. The molecule has 2 heterocycles. The van der Waals surface area contributed by atoms with Crippen LogP contribution >= 0.6 is 0 Å². The Morgan fingerprint density at radius 2 is 1.97 bits per heavy atom. The molecule has 152 valence electrons. The molecule has 0 radical (unpaired) electrons. The van der Waals surface area contributed by atoms with Crippen molar-refractivity contribution in [2.24, 2.45) is 11.7 Å². The van der Waals surface area contributed by atoms with E-state index in [-0.39, 0.29) is 24.3 Å². The Hall–Kier alpha value is -3.42. The zero-order valence-electron chi connectivity index (χ0n) is 16.3. The van der Waals surface area contributed by atoms with Crippen LogP contribution < -0.4 is 15.8 Å². The molecule has 3 rings (SSSR count). The topological polar surface area (TPSA) is 115 Å². The number of primary amides is 1. The smallest absolute Gasteiger partial charge is 0.260 e.